The fraction of sp³-hybridized carbons (Fsp3) is 0.942. The summed E-state index contributed by atoms with van der Waals surface area (Å²) < 4.78 is 16.8. The minimum absolute atomic E-state index is 0.0629. The number of ether oxygens (including phenoxy) is 3. The minimum Gasteiger partial charge on any atom is -0.462 e. The first kappa shape index (κ1) is 56.4. The van der Waals surface area contributed by atoms with E-state index in [0.29, 0.717) is 19.3 Å². The topological polar surface area (TPSA) is 78.9 Å². The molecule has 0 bridgehead atoms. The van der Waals surface area contributed by atoms with Gasteiger partial charge in [0.25, 0.3) is 0 Å². The molecule has 6 heteroatoms. The van der Waals surface area contributed by atoms with Crippen molar-refractivity contribution >= 4 is 17.9 Å². The van der Waals surface area contributed by atoms with E-state index < -0.39 is 6.10 Å². The van der Waals surface area contributed by atoms with Crippen LogP contribution in [0.25, 0.3) is 0 Å². The largest absolute Gasteiger partial charge is 0.462 e. The zero-order chi connectivity index (χ0) is 42.4. The molecule has 344 valence electrons. The maximum absolute atomic E-state index is 12.8. The van der Waals surface area contributed by atoms with E-state index >= 15 is 0 Å². The van der Waals surface area contributed by atoms with Gasteiger partial charge in [-0.2, -0.15) is 0 Å². The summed E-state index contributed by atoms with van der Waals surface area (Å²) in [5, 5.41) is 0. The van der Waals surface area contributed by atoms with Crippen LogP contribution in [0.15, 0.2) is 0 Å². The number of carbonyl (C=O) groups excluding carboxylic acids is 3. The molecule has 1 atom stereocenters. The van der Waals surface area contributed by atoms with Crippen molar-refractivity contribution in [3.8, 4) is 0 Å². The van der Waals surface area contributed by atoms with Crippen molar-refractivity contribution in [2.75, 3.05) is 13.2 Å². The van der Waals surface area contributed by atoms with Crippen molar-refractivity contribution in [3.63, 3.8) is 0 Å². The molecule has 0 fully saturated rings. The van der Waals surface area contributed by atoms with Gasteiger partial charge in [-0.3, -0.25) is 14.4 Å². The lowest BCUT2D eigenvalue weighted by Gasteiger charge is -2.18. The normalized spacial score (nSPS) is 11.9. The summed E-state index contributed by atoms with van der Waals surface area (Å²) in [6.07, 6.45) is 48.0. The van der Waals surface area contributed by atoms with Gasteiger partial charge in [-0.15, -0.1) is 0 Å². The van der Waals surface area contributed by atoms with Gasteiger partial charge in [0.1, 0.15) is 13.2 Å². The molecule has 0 aliphatic heterocycles. The summed E-state index contributed by atoms with van der Waals surface area (Å²) in [6.45, 7) is 9.01. The van der Waals surface area contributed by atoms with Crippen LogP contribution >= 0.6 is 0 Å². The van der Waals surface area contributed by atoms with E-state index in [2.05, 4.69) is 27.7 Å². The number of rotatable bonds is 47. The van der Waals surface area contributed by atoms with Gasteiger partial charge in [-0.25, -0.2) is 0 Å². The molecule has 0 radical (unpaired) electrons. The Hall–Kier alpha value is -1.59. The second kappa shape index (κ2) is 46.5. The van der Waals surface area contributed by atoms with Crippen LogP contribution in [-0.2, 0) is 28.6 Å². The first-order chi connectivity index (χ1) is 28.4. The van der Waals surface area contributed by atoms with E-state index in [9.17, 15) is 14.4 Å². The molecule has 0 aromatic rings. The van der Waals surface area contributed by atoms with Crippen LogP contribution in [0.3, 0.4) is 0 Å². The van der Waals surface area contributed by atoms with Crippen LogP contribution in [0.4, 0.5) is 0 Å². The van der Waals surface area contributed by atoms with Crippen molar-refractivity contribution in [2.45, 2.75) is 297 Å². The van der Waals surface area contributed by atoms with Crippen molar-refractivity contribution in [1.29, 1.82) is 0 Å². The molecule has 0 aromatic carbocycles. The van der Waals surface area contributed by atoms with E-state index in [-0.39, 0.29) is 31.1 Å². The van der Waals surface area contributed by atoms with Gasteiger partial charge < -0.3 is 14.2 Å². The summed E-state index contributed by atoms with van der Waals surface area (Å²) in [4.78, 5) is 37.9. The number of esters is 3. The lowest BCUT2D eigenvalue weighted by Crippen LogP contribution is -2.30. The van der Waals surface area contributed by atoms with Gasteiger partial charge >= 0.3 is 17.9 Å². The van der Waals surface area contributed by atoms with Crippen LogP contribution < -0.4 is 0 Å². The second-order valence-electron chi connectivity index (χ2n) is 18.3. The lowest BCUT2D eigenvalue weighted by atomic mass is 10.0. The summed E-state index contributed by atoms with van der Waals surface area (Å²) in [5.41, 5.74) is 0. The zero-order valence-electron chi connectivity index (χ0n) is 39.5. The van der Waals surface area contributed by atoms with Gasteiger partial charge in [0, 0.05) is 19.3 Å². The molecule has 0 heterocycles. The Morgan fingerprint density at radius 2 is 0.569 bits per heavy atom. The van der Waals surface area contributed by atoms with E-state index in [1.807, 2.05) is 0 Å². The highest BCUT2D eigenvalue weighted by atomic mass is 16.6. The lowest BCUT2D eigenvalue weighted by molar-refractivity contribution is -0.167. The van der Waals surface area contributed by atoms with Crippen LogP contribution in [0.5, 0.6) is 0 Å². The Bertz CT molecular complexity index is 872. The zero-order valence-corrected chi connectivity index (χ0v) is 39.5. The molecule has 0 N–H and O–H groups in total. The van der Waals surface area contributed by atoms with E-state index in [1.165, 1.54) is 186 Å². The fourth-order valence-corrected chi connectivity index (χ4v) is 7.86. The molecular formula is C52H100O6. The third-order valence-electron chi connectivity index (χ3n) is 11.8. The van der Waals surface area contributed by atoms with Gasteiger partial charge in [-0.1, -0.05) is 252 Å². The maximum Gasteiger partial charge on any atom is 0.306 e. The first-order valence-corrected chi connectivity index (χ1v) is 25.9. The molecule has 0 rings (SSSR count). The number of hydrogen-bond donors (Lipinski definition) is 0. The monoisotopic (exact) mass is 821 g/mol. The first-order valence-electron chi connectivity index (χ1n) is 25.9. The molecule has 0 amide bonds. The van der Waals surface area contributed by atoms with Crippen LogP contribution in [0, 0.1) is 5.92 Å². The standard InChI is InChI=1S/C52H100O6/c1-5-7-9-11-13-15-17-19-20-22-24-28-33-37-41-45-52(55)58-49(47-57-51(54)44-40-36-32-29-25-26-30-34-38-42-48(3)4)46-56-50(53)43-39-35-31-27-23-21-18-16-14-12-10-8-6-2/h48-49H,5-47H2,1-4H3/t49-/m0/s1. The van der Waals surface area contributed by atoms with Gasteiger partial charge in [0.05, 0.1) is 0 Å². The Kier molecular flexibility index (Phi) is 45.2. The Morgan fingerprint density at radius 3 is 0.845 bits per heavy atom. The number of hydrogen-bond acceptors (Lipinski definition) is 6. The predicted molar refractivity (Wildman–Crippen MR) is 247 cm³/mol. The van der Waals surface area contributed by atoms with Crippen LogP contribution in [0.1, 0.15) is 291 Å². The predicted octanol–water partition coefficient (Wildman–Crippen LogP) is 16.7. The molecule has 0 unspecified atom stereocenters. The van der Waals surface area contributed by atoms with Crippen LogP contribution in [0.2, 0.25) is 0 Å². The average molecular weight is 821 g/mol. The highest BCUT2D eigenvalue weighted by Gasteiger charge is 2.19. The highest BCUT2D eigenvalue weighted by molar-refractivity contribution is 5.71. The van der Waals surface area contributed by atoms with Gasteiger partial charge in [0.2, 0.25) is 0 Å². The summed E-state index contributed by atoms with van der Waals surface area (Å²) >= 11 is 0. The molecular weight excluding hydrogens is 721 g/mol. The Morgan fingerprint density at radius 1 is 0.328 bits per heavy atom. The summed E-state index contributed by atoms with van der Waals surface area (Å²) in [6, 6.07) is 0. The molecule has 0 spiro atoms. The van der Waals surface area contributed by atoms with E-state index in [0.717, 1.165) is 63.7 Å². The Labute approximate surface area is 361 Å². The molecule has 58 heavy (non-hydrogen) atoms. The minimum atomic E-state index is -0.760. The van der Waals surface area contributed by atoms with Crippen LogP contribution in [-0.4, -0.2) is 37.2 Å². The van der Waals surface area contributed by atoms with Gasteiger partial charge in [0.15, 0.2) is 6.10 Å². The summed E-state index contributed by atoms with van der Waals surface area (Å²) in [7, 11) is 0. The average Bonchev–Trinajstić information content (AvgIpc) is 3.21. The number of unbranched alkanes of at least 4 members (excludes halogenated alkanes) is 34. The van der Waals surface area contributed by atoms with E-state index in [4.69, 9.17) is 14.2 Å². The maximum atomic E-state index is 12.8. The second-order valence-corrected chi connectivity index (χ2v) is 18.3. The van der Waals surface area contributed by atoms with Gasteiger partial charge in [-0.05, 0) is 25.2 Å². The van der Waals surface area contributed by atoms with Crippen molar-refractivity contribution in [1.82, 2.24) is 0 Å². The third kappa shape index (κ3) is 45.5. The SMILES string of the molecule is CCCCCCCCCCCCCCCCCC(=O)O[C@@H](COC(=O)CCCCCCCCCCCCCCC)COC(=O)CCCCCCCCCCCC(C)C. The van der Waals surface area contributed by atoms with Crippen molar-refractivity contribution < 1.29 is 28.6 Å². The Balaban J connectivity index is 4.31. The molecule has 0 aromatic heterocycles. The third-order valence-corrected chi connectivity index (χ3v) is 11.8. The van der Waals surface area contributed by atoms with E-state index in [1.54, 1.807) is 0 Å². The molecule has 6 nitrogen and oxygen atoms in total. The highest BCUT2D eigenvalue weighted by Crippen LogP contribution is 2.17. The molecule has 0 aliphatic rings. The summed E-state index contributed by atoms with van der Waals surface area (Å²) in [5.74, 6) is -0.0362. The molecule has 0 aliphatic carbocycles. The number of carbonyl (C=O) groups is 3. The fourth-order valence-electron chi connectivity index (χ4n) is 7.86. The smallest absolute Gasteiger partial charge is 0.306 e. The molecule has 0 saturated heterocycles. The quantitative estimate of drug-likeness (QED) is 0.0346. The van der Waals surface area contributed by atoms with Crippen molar-refractivity contribution in [3.05, 3.63) is 0 Å². The molecule has 0 saturated carbocycles. The van der Waals surface area contributed by atoms with Crippen molar-refractivity contribution in [2.24, 2.45) is 5.92 Å².